The molecule has 0 radical (unpaired) electrons. The van der Waals surface area contributed by atoms with Crippen molar-refractivity contribution in [2.24, 2.45) is 0 Å². The SMILES string of the molecule is O=C(c1nc2ccccc2s1)N1CCN(C(c2ccccc2)c2ccccc2)CC1. The number of rotatable bonds is 4. The van der Waals surface area contributed by atoms with E-state index in [2.05, 4.69) is 70.5 Å². The summed E-state index contributed by atoms with van der Waals surface area (Å²) in [6.07, 6.45) is 0. The lowest BCUT2D eigenvalue weighted by atomic mass is 9.96. The number of para-hydroxylation sites is 1. The van der Waals surface area contributed by atoms with Crippen LogP contribution in [-0.4, -0.2) is 46.9 Å². The Kier molecular flexibility index (Phi) is 5.30. The van der Waals surface area contributed by atoms with E-state index < -0.39 is 0 Å². The van der Waals surface area contributed by atoms with E-state index in [1.807, 2.05) is 29.2 Å². The monoisotopic (exact) mass is 413 g/mol. The molecular weight excluding hydrogens is 390 g/mol. The summed E-state index contributed by atoms with van der Waals surface area (Å²) in [6.45, 7) is 3.10. The number of carbonyl (C=O) groups excluding carboxylic acids is 1. The lowest BCUT2D eigenvalue weighted by Gasteiger charge is -2.39. The van der Waals surface area contributed by atoms with Crippen molar-refractivity contribution < 1.29 is 4.79 Å². The zero-order valence-corrected chi connectivity index (χ0v) is 17.5. The van der Waals surface area contributed by atoms with Crippen molar-refractivity contribution in [1.82, 2.24) is 14.8 Å². The molecule has 0 atom stereocenters. The molecule has 0 N–H and O–H groups in total. The van der Waals surface area contributed by atoms with Crippen LogP contribution in [0.15, 0.2) is 84.9 Å². The first-order valence-corrected chi connectivity index (χ1v) is 11.1. The van der Waals surface area contributed by atoms with Crippen molar-refractivity contribution in [2.45, 2.75) is 6.04 Å². The van der Waals surface area contributed by atoms with Crippen molar-refractivity contribution >= 4 is 27.5 Å². The first-order valence-electron chi connectivity index (χ1n) is 10.3. The minimum absolute atomic E-state index is 0.0480. The second kappa shape index (κ2) is 8.38. The summed E-state index contributed by atoms with van der Waals surface area (Å²) in [5.41, 5.74) is 3.47. The van der Waals surface area contributed by atoms with Gasteiger partial charge in [-0.1, -0.05) is 72.8 Å². The fourth-order valence-electron chi connectivity index (χ4n) is 4.17. The summed E-state index contributed by atoms with van der Waals surface area (Å²) in [5.74, 6) is 0.0480. The van der Waals surface area contributed by atoms with Crippen LogP contribution in [0.3, 0.4) is 0 Å². The van der Waals surface area contributed by atoms with Crippen LogP contribution >= 0.6 is 11.3 Å². The number of hydrogen-bond acceptors (Lipinski definition) is 4. The first kappa shape index (κ1) is 19.0. The predicted octanol–water partition coefficient (Wildman–Crippen LogP) is 4.84. The van der Waals surface area contributed by atoms with Gasteiger partial charge in [0.25, 0.3) is 5.91 Å². The zero-order valence-electron chi connectivity index (χ0n) is 16.6. The fourth-order valence-corrected chi connectivity index (χ4v) is 5.10. The van der Waals surface area contributed by atoms with Crippen LogP contribution in [0.4, 0.5) is 0 Å². The second-order valence-corrected chi connectivity index (χ2v) is 8.57. The summed E-state index contributed by atoms with van der Waals surface area (Å²) < 4.78 is 1.06. The number of piperazine rings is 1. The third-order valence-electron chi connectivity index (χ3n) is 5.67. The molecule has 1 saturated heterocycles. The van der Waals surface area contributed by atoms with Crippen molar-refractivity contribution in [3.8, 4) is 0 Å². The molecule has 30 heavy (non-hydrogen) atoms. The number of hydrogen-bond donors (Lipinski definition) is 0. The third kappa shape index (κ3) is 3.74. The highest BCUT2D eigenvalue weighted by atomic mass is 32.1. The van der Waals surface area contributed by atoms with Gasteiger partial charge in [-0.2, -0.15) is 0 Å². The van der Waals surface area contributed by atoms with Gasteiger partial charge in [-0.15, -0.1) is 11.3 Å². The Bertz CT molecular complexity index is 1060. The molecule has 0 saturated carbocycles. The van der Waals surface area contributed by atoms with Gasteiger partial charge in [0.1, 0.15) is 0 Å². The van der Waals surface area contributed by atoms with E-state index >= 15 is 0 Å². The molecule has 5 heteroatoms. The molecule has 1 aliphatic rings. The Balaban J connectivity index is 1.34. The molecule has 1 aliphatic heterocycles. The molecule has 150 valence electrons. The molecule has 1 fully saturated rings. The quantitative estimate of drug-likeness (QED) is 0.480. The highest BCUT2D eigenvalue weighted by Crippen LogP contribution is 2.30. The van der Waals surface area contributed by atoms with Crippen LogP contribution in [-0.2, 0) is 0 Å². The van der Waals surface area contributed by atoms with E-state index in [-0.39, 0.29) is 11.9 Å². The second-order valence-electron chi connectivity index (χ2n) is 7.54. The molecule has 2 heterocycles. The molecule has 0 bridgehead atoms. The summed E-state index contributed by atoms with van der Waals surface area (Å²) in [4.78, 5) is 22.0. The molecule has 5 rings (SSSR count). The summed E-state index contributed by atoms with van der Waals surface area (Å²) in [7, 11) is 0. The van der Waals surface area contributed by atoms with Crippen LogP contribution in [0.1, 0.15) is 27.0 Å². The maximum Gasteiger partial charge on any atom is 0.282 e. The van der Waals surface area contributed by atoms with Gasteiger partial charge in [0.05, 0.1) is 16.3 Å². The number of nitrogens with zero attached hydrogens (tertiary/aromatic N) is 3. The number of thiazole rings is 1. The molecule has 0 unspecified atom stereocenters. The van der Waals surface area contributed by atoms with Crippen molar-refractivity contribution in [2.75, 3.05) is 26.2 Å². The van der Waals surface area contributed by atoms with Crippen LogP contribution < -0.4 is 0 Å². The lowest BCUT2D eigenvalue weighted by molar-refractivity contribution is 0.0597. The molecular formula is C25H23N3OS. The minimum atomic E-state index is 0.0480. The number of aromatic nitrogens is 1. The lowest BCUT2D eigenvalue weighted by Crippen LogP contribution is -2.49. The van der Waals surface area contributed by atoms with E-state index in [1.54, 1.807) is 0 Å². The number of amides is 1. The average Bonchev–Trinajstić information content (AvgIpc) is 3.25. The standard InChI is InChI=1S/C25H23N3OS/c29-25(24-26-21-13-7-8-14-22(21)30-24)28-17-15-27(16-18-28)23(19-9-3-1-4-10-19)20-11-5-2-6-12-20/h1-14,23H,15-18H2. The van der Waals surface area contributed by atoms with Gasteiger partial charge < -0.3 is 4.90 Å². The van der Waals surface area contributed by atoms with E-state index in [4.69, 9.17) is 0 Å². The molecule has 4 aromatic rings. The number of fused-ring (bicyclic) bond motifs is 1. The molecule has 1 amide bonds. The fraction of sp³-hybridized carbons (Fsp3) is 0.200. The zero-order chi connectivity index (χ0) is 20.3. The Morgan fingerprint density at radius 1 is 0.767 bits per heavy atom. The predicted molar refractivity (Wildman–Crippen MR) is 122 cm³/mol. The van der Waals surface area contributed by atoms with Crippen LogP contribution in [0.25, 0.3) is 10.2 Å². The molecule has 0 spiro atoms. The highest BCUT2D eigenvalue weighted by molar-refractivity contribution is 7.20. The van der Waals surface area contributed by atoms with Gasteiger partial charge in [-0.25, -0.2) is 4.98 Å². The highest BCUT2D eigenvalue weighted by Gasteiger charge is 2.29. The topological polar surface area (TPSA) is 36.4 Å². The van der Waals surface area contributed by atoms with Gasteiger partial charge in [-0.3, -0.25) is 9.69 Å². The van der Waals surface area contributed by atoms with E-state index in [0.717, 1.165) is 23.3 Å². The van der Waals surface area contributed by atoms with Crippen LogP contribution in [0, 0.1) is 0 Å². The summed E-state index contributed by atoms with van der Waals surface area (Å²) in [5, 5.41) is 0.590. The molecule has 1 aromatic heterocycles. The normalized spacial score (nSPS) is 15.0. The number of carbonyl (C=O) groups is 1. The minimum Gasteiger partial charge on any atom is -0.334 e. The number of benzene rings is 3. The van der Waals surface area contributed by atoms with Crippen molar-refractivity contribution in [1.29, 1.82) is 0 Å². The molecule has 0 aliphatic carbocycles. The molecule has 3 aromatic carbocycles. The van der Waals surface area contributed by atoms with Crippen molar-refractivity contribution in [3.05, 3.63) is 101 Å². The van der Waals surface area contributed by atoms with Gasteiger partial charge in [0.2, 0.25) is 0 Å². The van der Waals surface area contributed by atoms with Crippen LogP contribution in [0.2, 0.25) is 0 Å². The van der Waals surface area contributed by atoms with E-state index in [9.17, 15) is 4.79 Å². The van der Waals surface area contributed by atoms with Crippen LogP contribution in [0.5, 0.6) is 0 Å². The van der Waals surface area contributed by atoms with Gasteiger partial charge in [0.15, 0.2) is 5.01 Å². The largest absolute Gasteiger partial charge is 0.334 e. The summed E-state index contributed by atoms with van der Waals surface area (Å²) >= 11 is 1.48. The van der Waals surface area contributed by atoms with Gasteiger partial charge in [0, 0.05) is 26.2 Å². The maximum atomic E-state index is 13.0. The first-order chi connectivity index (χ1) is 14.8. The Morgan fingerprint density at radius 2 is 1.33 bits per heavy atom. The maximum absolute atomic E-state index is 13.0. The average molecular weight is 414 g/mol. The Hall–Kier alpha value is -3.02. The van der Waals surface area contributed by atoms with E-state index in [0.29, 0.717) is 18.1 Å². The summed E-state index contributed by atoms with van der Waals surface area (Å²) in [6, 6.07) is 29.4. The Labute approximate surface area is 180 Å². The molecule has 4 nitrogen and oxygen atoms in total. The van der Waals surface area contributed by atoms with Gasteiger partial charge >= 0.3 is 0 Å². The van der Waals surface area contributed by atoms with Gasteiger partial charge in [-0.05, 0) is 23.3 Å². The van der Waals surface area contributed by atoms with Crippen molar-refractivity contribution in [3.63, 3.8) is 0 Å². The van der Waals surface area contributed by atoms with E-state index in [1.165, 1.54) is 22.5 Å². The smallest absolute Gasteiger partial charge is 0.282 e. The Morgan fingerprint density at radius 3 is 1.93 bits per heavy atom. The third-order valence-corrected chi connectivity index (χ3v) is 6.70.